The molecule has 1 aliphatic heterocycles. The number of likely N-dealkylation sites (tertiary alicyclic amines) is 1. The van der Waals surface area contributed by atoms with Gasteiger partial charge in [-0.2, -0.15) is 5.26 Å². The number of nitriles is 1. The monoisotopic (exact) mass is 335 g/mol. The number of hydrogen-bond acceptors (Lipinski definition) is 4. The average molecular weight is 335 g/mol. The van der Waals surface area contributed by atoms with Gasteiger partial charge < -0.3 is 15.4 Å². The normalized spacial score (nSPS) is 13.6. The summed E-state index contributed by atoms with van der Waals surface area (Å²) in [5.41, 5.74) is 7.01. The molecule has 0 unspecified atom stereocenters. The van der Waals surface area contributed by atoms with E-state index in [4.69, 9.17) is 15.7 Å². The van der Waals surface area contributed by atoms with Gasteiger partial charge in [0, 0.05) is 30.6 Å². The SMILES string of the molecule is N#Cc1ccc(Oc2cc(C(N)=O)ccc2CN2CCCC2=O)cc1. The second-order valence-corrected chi connectivity index (χ2v) is 5.84. The molecule has 126 valence electrons. The molecular formula is C19H17N3O3. The lowest BCUT2D eigenvalue weighted by Crippen LogP contribution is -2.24. The minimum atomic E-state index is -0.548. The van der Waals surface area contributed by atoms with Crippen LogP contribution in [0.15, 0.2) is 42.5 Å². The maximum atomic E-state index is 11.9. The number of rotatable bonds is 5. The Bertz CT molecular complexity index is 853. The lowest BCUT2D eigenvalue weighted by molar-refractivity contribution is -0.128. The Morgan fingerprint density at radius 3 is 2.60 bits per heavy atom. The molecule has 2 aromatic carbocycles. The van der Waals surface area contributed by atoms with Gasteiger partial charge in [-0.25, -0.2) is 0 Å². The van der Waals surface area contributed by atoms with Gasteiger partial charge in [0.25, 0.3) is 0 Å². The van der Waals surface area contributed by atoms with Gasteiger partial charge in [0.15, 0.2) is 0 Å². The van der Waals surface area contributed by atoms with Gasteiger partial charge in [0.1, 0.15) is 11.5 Å². The molecule has 6 nitrogen and oxygen atoms in total. The summed E-state index contributed by atoms with van der Waals surface area (Å²) in [6, 6.07) is 13.7. The highest BCUT2D eigenvalue weighted by molar-refractivity contribution is 5.93. The lowest BCUT2D eigenvalue weighted by atomic mass is 10.1. The number of nitrogens with two attached hydrogens (primary N) is 1. The first-order valence-electron chi connectivity index (χ1n) is 7.95. The molecular weight excluding hydrogens is 318 g/mol. The molecule has 0 saturated carbocycles. The van der Waals surface area contributed by atoms with Crippen molar-refractivity contribution < 1.29 is 14.3 Å². The van der Waals surface area contributed by atoms with Crippen molar-refractivity contribution in [3.05, 3.63) is 59.2 Å². The molecule has 1 fully saturated rings. The van der Waals surface area contributed by atoms with Crippen LogP contribution >= 0.6 is 0 Å². The fourth-order valence-corrected chi connectivity index (χ4v) is 2.73. The first-order chi connectivity index (χ1) is 12.1. The minimum Gasteiger partial charge on any atom is -0.457 e. The molecule has 2 amide bonds. The Morgan fingerprint density at radius 1 is 1.24 bits per heavy atom. The van der Waals surface area contributed by atoms with Gasteiger partial charge in [-0.3, -0.25) is 9.59 Å². The van der Waals surface area contributed by atoms with Crippen LogP contribution in [0.1, 0.15) is 34.3 Å². The Balaban J connectivity index is 1.90. The van der Waals surface area contributed by atoms with Crippen LogP contribution in [0.4, 0.5) is 0 Å². The molecule has 0 radical (unpaired) electrons. The smallest absolute Gasteiger partial charge is 0.248 e. The molecule has 25 heavy (non-hydrogen) atoms. The zero-order valence-corrected chi connectivity index (χ0v) is 13.6. The molecule has 2 N–H and O–H groups in total. The van der Waals surface area contributed by atoms with E-state index in [2.05, 4.69) is 0 Å². The van der Waals surface area contributed by atoms with E-state index < -0.39 is 5.91 Å². The number of primary amides is 1. The van der Waals surface area contributed by atoms with E-state index in [0.29, 0.717) is 42.1 Å². The predicted octanol–water partition coefficient (Wildman–Crippen LogP) is 2.57. The van der Waals surface area contributed by atoms with E-state index >= 15 is 0 Å². The summed E-state index contributed by atoms with van der Waals surface area (Å²) in [6.45, 7) is 1.14. The maximum Gasteiger partial charge on any atom is 0.248 e. The van der Waals surface area contributed by atoms with Crippen molar-refractivity contribution in [3.8, 4) is 17.6 Å². The van der Waals surface area contributed by atoms with E-state index in [1.54, 1.807) is 47.4 Å². The summed E-state index contributed by atoms with van der Waals surface area (Å²) < 4.78 is 5.89. The zero-order chi connectivity index (χ0) is 17.8. The zero-order valence-electron chi connectivity index (χ0n) is 13.6. The molecule has 3 rings (SSSR count). The van der Waals surface area contributed by atoms with Crippen LogP contribution in [0.5, 0.6) is 11.5 Å². The first-order valence-corrected chi connectivity index (χ1v) is 7.95. The van der Waals surface area contributed by atoms with Crippen LogP contribution in [0.2, 0.25) is 0 Å². The molecule has 0 aromatic heterocycles. The molecule has 0 bridgehead atoms. The van der Waals surface area contributed by atoms with Crippen molar-refractivity contribution >= 4 is 11.8 Å². The predicted molar refractivity (Wildman–Crippen MR) is 90.8 cm³/mol. The van der Waals surface area contributed by atoms with Crippen LogP contribution in [0.3, 0.4) is 0 Å². The van der Waals surface area contributed by atoms with Gasteiger partial charge in [-0.1, -0.05) is 6.07 Å². The number of amides is 2. The third-order valence-electron chi connectivity index (χ3n) is 4.10. The summed E-state index contributed by atoms with van der Waals surface area (Å²) in [4.78, 5) is 25.1. The van der Waals surface area contributed by atoms with Gasteiger partial charge in [-0.15, -0.1) is 0 Å². The highest BCUT2D eigenvalue weighted by Gasteiger charge is 2.22. The van der Waals surface area contributed by atoms with Crippen LogP contribution in [-0.2, 0) is 11.3 Å². The molecule has 1 saturated heterocycles. The van der Waals surface area contributed by atoms with E-state index in [9.17, 15) is 9.59 Å². The molecule has 1 heterocycles. The van der Waals surface area contributed by atoms with Crippen molar-refractivity contribution in [2.24, 2.45) is 5.73 Å². The van der Waals surface area contributed by atoms with Crippen molar-refractivity contribution in [2.75, 3.05) is 6.54 Å². The average Bonchev–Trinajstić information content (AvgIpc) is 3.02. The fourth-order valence-electron chi connectivity index (χ4n) is 2.73. The quantitative estimate of drug-likeness (QED) is 0.908. The third kappa shape index (κ3) is 3.78. The van der Waals surface area contributed by atoms with Crippen molar-refractivity contribution in [1.29, 1.82) is 5.26 Å². The van der Waals surface area contributed by atoms with E-state index in [1.807, 2.05) is 6.07 Å². The Kier molecular flexibility index (Phi) is 4.66. The summed E-state index contributed by atoms with van der Waals surface area (Å²) >= 11 is 0. The molecule has 1 aliphatic rings. The van der Waals surface area contributed by atoms with Gasteiger partial charge in [0.05, 0.1) is 11.6 Å². The number of carbonyl (C=O) groups is 2. The maximum absolute atomic E-state index is 11.9. The topological polar surface area (TPSA) is 96.4 Å². The van der Waals surface area contributed by atoms with Crippen LogP contribution in [0, 0.1) is 11.3 Å². The van der Waals surface area contributed by atoms with E-state index in [-0.39, 0.29) is 5.91 Å². The summed E-state index contributed by atoms with van der Waals surface area (Å²) in [7, 11) is 0. The van der Waals surface area contributed by atoms with Gasteiger partial charge >= 0.3 is 0 Å². The van der Waals surface area contributed by atoms with Crippen molar-refractivity contribution in [1.82, 2.24) is 4.90 Å². The van der Waals surface area contributed by atoms with Crippen LogP contribution in [-0.4, -0.2) is 23.3 Å². The standard InChI is InChI=1S/C19H17N3O3/c20-11-13-3-7-16(8-4-13)25-17-10-14(19(21)24)5-6-15(17)12-22-9-1-2-18(22)23/h3-8,10H,1-2,9,12H2,(H2,21,24). The number of hydrogen-bond donors (Lipinski definition) is 1. The second kappa shape index (κ2) is 7.05. The van der Waals surface area contributed by atoms with Crippen LogP contribution < -0.4 is 10.5 Å². The van der Waals surface area contributed by atoms with Crippen LogP contribution in [0.25, 0.3) is 0 Å². The minimum absolute atomic E-state index is 0.114. The Morgan fingerprint density at radius 2 is 2.00 bits per heavy atom. The number of ether oxygens (including phenoxy) is 1. The molecule has 2 aromatic rings. The Hall–Kier alpha value is -3.33. The number of carbonyl (C=O) groups excluding carboxylic acids is 2. The van der Waals surface area contributed by atoms with Gasteiger partial charge in [0.2, 0.25) is 11.8 Å². The third-order valence-corrected chi connectivity index (χ3v) is 4.10. The van der Waals surface area contributed by atoms with E-state index in [0.717, 1.165) is 12.0 Å². The molecule has 0 spiro atoms. The highest BCUT2D eigenvalue weighted by atomic mass is 16.5. The Labute approximate surface area is 145 Å². The number of benzene rings is 2. The fraction of sp³-hybridized carbons (Fsp3) is 0.211. The number of nitrogens with zero attached hydrogens (tertiary/aromatic N) is 2. The molecule has 0 aliphatic carbocycles. The summed E-state index contributed by atoms with van der Waals surface area (Å²) in [5, 5.41) is 8.86. The largest absolute Gasteiger partial charge is 0.457 e. The second-order valence-electron chi connectivity index (χ2n) is 5.84. The molecule has 0 atom stereocenters. The molecule has 6 heteroatoms. The highest BCUT2D eigenvalue weighted by Crippen LogP contribution is 2.29. The van der Waals surface area contributed by atoms with E-state index in [1.165, 1.54) is 0 Å². The van der Waals surface area contributed by atoms with Gasteiger partial charge in [-0.05, 0) is 42.8 Å². The summed E-state index contributed by atoms with van der Waals surface area (Å²) in [6.07, 6.45) is 1.41. The summed E-state index contributed by atoms with van der Waals surface area (Å²) in [5.74, 6) is 0.576. The van der Waals surface area contributed by atoms with Crippen molar-refractivity contribution in [2.45, 2.75) is 19.4 Å². The lowest BCUT2D eigenvalue weighted by Gasteiger charge is -2.19. The first kappa shape index (κ1) is 16.5. The van der Waals surface area contributed by atoms with Crippen molar-refractivity contribution in [3.63, 3.8) is 0 Å².